The van der Waals surface area contributed by atoms with Gasteiger partial charge in [0, 0.05) is 6.42 Å². The number of nitrogens with two attached hydrogens (primary N) is 1. The first-order chi connectivity index (χ1) is 8.20. The summed E-state index contributed by atoms with van der Waals surface area (Å²) < 4.78 is 15.4. The van der Waals surface area contributed by atoms with Crippen molar-refractivity contribution >= 4 is 11.7 Å². The van der Waals surface area contributed by atoms with Crippen molar-refractivity contribution in [3.8, 4) is 5.75 Å². The van der Waals surface area contributed by atoms with E-state index in [0.29, 0.717) is 30.2 Å². The van der Waals surface area contributed by atoms with Gasteiger partial charge in [0.25, 0.3) is 0 Å². The smallest absolute Gasteiger partial charge is 0.338 e. The Hall–Kier alpha value is -1.75. The highest BCUT2D eigenvalue weighted by Gasteiger charge is 2.21. The maximum absolute atomic E-state index is 11.8. The normalized spacial score (nSPS) is 19.0. The number of nitrogen functional groups attached to an aromatic ring is 1. The van der Waals surface area contributed by atoms with E-state index >= 15 is 0 Å². The van der Waals surface area contributed by atoms with Crippen LogP contribution < -0.4 is 10.5 Å². The lowest BCUT2D eigenvalue weighted by atomic mass is 10.2. The quantitative estimate of drug-likeness (QED) is 0.632. The topological polar surface area (TPSA) is 70.8 Å². The van der Waals surface area contributed by atoms with Gasteiger partial charge in [-0.15, -0.1) is 0 Å². The van der Waals surface area contributed by atoms with Crippen LogP contribution in [0.5, 0.6) is 5.75 Å². The maximum atomic E-state index is 11.8. The van der Waals surface area contributed by atoms with Crippen molar-refractivity contribution in [3.05, 3.63) is 23.8 Å². The molecule has 5 nitrogen and oxygen atoms in total. The average molecular weight is 237 g/mol. The Morgan fingerprint density at radius 3 is 2.94 bits per heavy atom. The van der Waals surface area contributed by atoms with Crippen molar-refractivity contribution in [1.29, 1.82) is 0 Å². The summed E-state index contributed by atoms with van der Waals surface area (Å²) >= 11 is 0. The summed E-state index contributed by atoms with van der Waals surface area (Å²) in [6.07, 6.45) is 0.600. The summed E-state index contributed by atoms with van der Waals surface area (Å²) in [4.78, 5) is 11.8. The van der Waals surface area contributed by atoms with E-state index in [-0.39, 0.29) is 12.1 Å². The van der Waals surface area contributed by atoms with E-state index in [0.717, 1.165) is 6.42 Å². The Morgan fingerprint density at radius 1 is 1.53 bits per heavy atom. The summed E-state index contributed by atoms with van der Waals surface area (Å²) in [7, 11) is 1.53. The summed E-state index contributed by atoms with van der Waals surface area (Å²) in [5, 5.41) is 0. The van der Waals surface area contributed by atoms with Crippen LogP contribution in [0, 0.1) is 0 Å². The molecule has 1 atom stereocenters. The number of benzene rings is 1. The minimum atomic E-state index is -0.380. The largest absolute Gasteiger partial charge is 0.495 e. The van der Waals surface area contributed by atoms with Crippen molar-refractivity contribution in [2.24, 2.45) is 0 Å². The molecule has 1 aliphatic rings. The molecule has 0 saturated carbocycles. The predicted molar refractivity (Wildman–Crippen MR) is 62.0 cm³/mol. The van der Waals surface area contributed by atoms with Crippen LogP contribution in [0.3, 0.4) is 0 Å². The molecule has 1 aliphatic heterocycles. The number of carbonyl (C=O) groups is 1. The number of carbonyl (C=O) groups excluding carboxylic acids is 1. The average Bonchev–Trinajstić information content (AvgIpc) is 2.81. The van der Waals surface area contributed by atoms with E-state index in [2.05, 4.69) is 0 Å². The van der Waals surface area contributed by atoms with E-state index in [4.69, 9.17) is 19.9 Å². The Morgan fingerprint density at radius 2 is 2.35 bits per heavy atom. The maximum Gasteiger partial charge on any atom is 0.338 e. The molecule has 17 heavy (non-hydrogen) atoms. The van der Waals surface area contributed by atoms with Gasteiger partial charge in [-0.2, -0.15) is 0 Å². The lowest BCUT2D eigenvalue weighted by Gasteiger charge is -2.11. The third-order valence-corrected chi connectivity index (χ3v) is 2.63. The van der Waals surface area contributed by atoms with Crippen LogP contribution in [0.4, 0.5) is 5.69 Å². The fourth-order valence-electron chi connectivity index (χ4n) is 1.69. The molecule has 0 bridgehead atoms. The van der Waals surface area contributed by atoms with Crippen LogP contribution in [0.1, 0.15) is 16.8 Å². The number of methoxy groups -OCH3 is 1. The third kappa shape index (κ3) is 2.68. The van der Waals surface area contributed by atoms with Gasteiger partial charge in [0.05, 0.1) is 31.6 Å². The van der Waals surface area contributed by atoms with Crippen molar-refractivity contribution < 1.29 is 19.0 Å². The highest BCUT2D eigenvalue weighted by molar-refractivity contribution is 5.91. The fourth-order valence-corrected chi connectivity index (χ4v) is 1.69. The van der Waals surface area contributed by atoms with Gasteiger partial charge in [0.1, 0.15) is 11.9 Å². The summed E-state index contributed by atoms with van der Waals surface area (Å²) in [6.45, 7) is 1.11. The number of anilines is 1. The van der Waals surface area contributed by atoms with Crippen molar-refractivity contribution in [3.63, 3.8) is 0 Å². The molecule has 0 amide bonds. The first kappa shape index (κ1) is 11.7. The Balaban J connectivity index is 2.05. The van der Waals surface area contributed by atoms with Crippen molar-refractivity contribution in [1.82, 2.24) is 0 Å². The Kier molecular flexibility index (Phi) is 3.49. The molecule has 0 aromatic heterocycles. The van der Waals surface area contributed by atoms with Crippen LogP contribution >= 0.6 is 0 Å². The molecule has 2 N–H and O–H groups in total. The van der Waals surface area contributed by atoms with Gasteiger partial charge < -0.3 is 19.9 Å². The van der Waals surface area contributed by atoms with E-state index in [9.17, 15) is 4.79 Å². The second kappa shape index (κ2) is 5.05. The first-order valence-electron chi connectivity index (χ1n) is 5.43. The van der Waals surface area contributed by atoms with Crippen molar-refractivity contribution in [2.45, 2.75) is 12.5 Å². The zero-order valence-electron chi connectivity index (χ0n) is 9.64. The zero-order chi connectivity index (χ0) is 12.3. The van der Waals surface area contributed by atoms with E-state index < -0.39 is 0 Å². The third-order valence-electron chi connectivity index (χ3n) is 2.63. The van der Waals surface area contributed by atoms with Gasteiger partial charge in [-0.25, -0.2) is 4.79 Å². The molecule has 0 aliphatic carbocycles. The van der Waals surface area contributed by atoms with Crippen molar-refractivity contribution in [2.75, 3.05) is 26.1 Å². The monoisotopic (exact) mass is 237 g/mol. The molecule has 0 radical (unpaired) electrons. The van der Waals surface area contributed by atoms with Crippen LogP contribution in [-0.4, -0.2) is 32.4 Å². The lowest BCUT2D eigenvalue weighted by molar-refractivity contribution is 0.0270. The molecule has 1 saturated heterocycles. The number of esters is 1. The second-order valence-corrected chi connectivity index (χ2v) is 3.85. The van der Waals surface area contributed by atoms with Gasteiger partial charge in [0.2, 0.25) is 0 Å². The minimum Gasteiger partial charge on any atom is -0.495 e. The molecule has 92 valence electrons. The number of hydrogen-bond acceptors (Lipinski definition) is 5. The first-order valence-corrected chi connectivity index (χ1v) is 5.43. The Bertz CT molecular complexity index is 413. The molecule has 5 heteroatoms. The standard InChI is InChI=1S/C12H15NO4/c1-15-11-3-2-8(6-10(11)13)12(14)17-9-4-5-16-7-9/h2-3,6,9H,4-5,7,13H2,1H3. The van der Waals surface area contributed by atoms with Gasteiger partial charge in [-0.3, -0.25) is 0 Å². The van der Waals surface area contributed by atoms with E-state index in [1.54, 1.807) is 18.2 Å². The van der Waals surface area contributed by atoms with E-state index in [1.807, 2.05) is 0 Å². The molecule has 1 heterocycles. The minimum absolute atomic E-state index is 0.147. The number of ether oxygens (including phenoxy) is 3. The van der Waals surface area contributed by atoms with Gasteiger partial charge in [-0.05, 0) is 18.2 Å². The number of hydrogen-bond donors (Lipinski definition) is 1. The summed E-state index contributed by atoms with van der Waals surface area (Å²) in [5.41, 5.74) is 6.57. The van der Waals surface area contributed by atoms with Gasteiger partial charge >= 0.3 is 5.97 Å². The molecular weight excluding hydrogens is 222 g/mol. The second-order valence-electron chi connectivity index (χ2n) is 3.85. The predicted octanol–water partition coefficient (Wildman–Crippen LogP) is 1.22. The molecule has 2 rings (SSSR count). The van der Waals surface area contributed by atoms with Crippen LogP contribution in [0.25, 0.3) is 0 Å². The molecule has 0 spiro atoms. The van der Waals surface area contributed by atoms with E-state index in [1.165, 1.54) is 7.11 Å². The fraction of sp³-hybridized carbons (Fsp3) is 0.417. The molecular formula is C12H15NO4. The summed E-state index contributed by atoms with van der Waals surface area (Å²) in [6, 6.07) is 4.83. The molecule has 1 aromatic rings. The molecule has 1 fully saturated rings. The van der Waals surface area contributed by atoms with Gasteiger partial charge in [-0.1, -0.05) is 0 Å². The number of rotatable bonds is 3. The molecule has 1 aromatic carbocycles. The zero-order valence-corrected chi connectivity index (χ0v) is 9.64. The highest BCUT2D eigenvalue weighted by Crippen LogP contribution is 2.22. The molecule has 1 unspecified atom stereocenters. The SMILES string of the molecule is COc1ccc(C(=O)OC2CCOC2)cc1N. The lowest BCUT2D eigenvalue weighted by Crippen LogP contribution is -2.18. The Labute approximate surface area is 99.5 Å². The van der Waals surface area contributed by atoms with Crippen LogP contribution in [-0.2, 0) is 9.47 Å². The van der Waals surface area contributed by atoms with Gasteiger partial charge in [0.15, 0.2) is 0 Å². The highest BCUT2D eigenvalue weighted by atomic mass is 16.6. The van der Waals surface area contributed by atoms with Crippen LogP contribution in [0.2, 0.25) is 0 Å². The summed E-state index contributed by atoms with van der Waals surface area (Å²) in [5.74, 6) is 0.167. The van der Waals surface area contributed by atoms with Crippen LogP contribution in [0.15, 0.2) is 18.2 Å².